The van der Waals surface area contributed by atoms with E-state index in [-0.39, 0.29) is 5.91 Å². The summed E-state index contributed by atoms with van der Waals surface area (Å²) in [5.41, 5.74) is 14.2. The maximum Gasteiger partial charge on any atom is 0.269 e. The minimum atomic E-state index is -0.282. The van der Waals surface area contributed by atoms with Gasteiger partial charge in [0.25, 0.3) is 5.91 Å². The van der Waals surface area contributed by atoms with Crippen LogP contribution >= 0.6 is 0 Å². The summed E-state index contributed by atoms with van der Waals surface area (Å²) in [5.74, 6) is 0.484. The van der Waals surface area contributed by atoms with Gasteiger partial charge in [-0.25, -0.2) is 9.97 Å². The van der Waals surface area contributed by atoms with Crippen molar-refractivity contribution >= 4 is 28.9 Å². The number of carbonyl (C=O) groups excluding carboxylic acids is 1. The van der Waals surface area contributed by atoms with Crippen molar-refractivity contribution in [1.82, 2.24) is 15.4 Å². The molecule has 0 aliphatic rings. The summed E-state index contributed by atoms with van der Waals surface area (Å²) in [5, 5.41) is 3.11. The molecule has 0 radical (unpaired) electrons. The lowest BCUT2D eigenvalue weighted by Crippen LogP contribution is -2.30. The van der Waals surface area contributed by atoms with Crippen molar-refractivity contribution < 1.29 is 4.79 Å². The fourth-order valence-corrected chi connectivity index (χ4v) is 2.15. The van der Waals surface area contributed by atoms with Gasteiger partial charge in [-0.15, -0.1) is 0 Å². The molecular formula is C18H18N6O. The smallest absolute Gasteiger partial charge is 0.269 e. The van der Waals surface area contributed by atoms with Crippen molar-refractivity contribution in [2.45, 2.75) is 6.92 Å². The number of hydrazine groups is 1. The molecule has 0 spiro atoms. The van der Waals surface area contributed by atoms with Crippen LogP contribution in [-0.2, 0) is 0 Å². The Labute approximate surface area is 145 Å². The number of amides is 1. The average molecular weight is 334 g/mol. The summed E-state index contributed by atoms with van der Waals surface area (Å²) < 4.78 is 0. The molecule has 0 aliphatic carbocycles. The molecule has 25 heavy (non-hydrogen) atoms. The van der Waals surface area contributed by atoms with E-state index in [0.717, 1.165) is 11.3 Å². The predicted octanol–water partition coefficient (Wildman–Crippen LogP) is 2.87. The Morgan fingerprint density at radius 2 is 1.64 bits per heavy atom. The second-order valence-corrected chi connectivity index (χ2v) is 5.42. The van der Waals surface area contributed by atoms with Crippen LogP contribution in [0.5, 0.6) is 0 Å². The van der Waals surface area contributed by atoms with Crippen molar-refractivity contribution in [3.8, 4) is 0 Å². The lowest BCUT2D eigenvalue weighted by Gasteiger charge is -2.13. The Morgan fingerprint density at radius 3 is 2.36 bits per heavy atom. The number of nitrogens with one attached hydrogen (secondary N) is 3. The number of nitrogen functional groups attached to an aromatic ring is 1. The third kappa shape index (κ3) is 4.03. The fourth-order valence-electron chi connectivity index (χ4n) is 2.15. The number of aromatic nitrogens is 2. The van der Waals surface area contributed by atoms with Crippen LogP contribution in [0.25, 0.3) is 0 Å². The topological polar surface area (TPSA) is 105 Å². The number of rotatable bonds is 5. The number of anilines is 4. The number of nitrogens with two attached hydrogens (primary N) is 1. The van der Waals surface area contributed by atoms with Crippen molar-refractivity contribution in [2.75, 3.05) is 16.5 Å². The average Bonchev–Trinajstić information content (AvgIpc) is 2.63. The van der Waals surface area contributed by atoms with Gasteiger partial charge in [0.1, 0.15) is 12.0 Å². The molecule has 3 aromatic rings. The van der Waals surface area contributed by atoms with Crippen LogP contribution in [-0.4, -0.2) is 15.9 Å². The Hall–Kier alpha value is -3.61. The normalized spacial score (nSPS) is 10.1. The van der Waals surface area contributed by atoms with Crippen molar-refractivity contribution in [2.24, 2.45) is 0 Å². The number of para-hydroxylation sites is 1. The van der Waals surface area contributed by atoms with E-state index in [1.54, 1.807) is 12.1 Å². The Bertz CT molecular complexity index is 864. The maximum absolute atomic E-state index is 12.1. The molecule has 0 fully saturated rings. The third-order valence-corrected chi connectivity index (χ3v) is 3.53. The van der Waals surface area contributed by atoms with Crippen LogP contribution in [0.4, 0.5) is 23.0 Å². The maximum atomic E-state index is 12.1. The van der Waals surface area contributed by atoms with Crippen molar-refractivity contribution in [1.29, 1.82) is 0 Å². The largest absolute Gasteiger partial charge is 0.393 e. The lowest BCUT2D eigenvalue weighted by molar-refractivity contribution is 0.0962. The fraction of sp³-hybridized carbons (Fsp3) is 0.0556. The second-order valence-electron chi connectivity index (χ2n) is 5.42. The highest BCUT2D eigenvalue weighted by Gasteiger charge is 2.10. The molecule has 0 bridgehead atoms. The quantitative estimate of drug-likeness (QED) is 0.535. The molecule has 126 valence electrons. The zero-order valence-corrected chi connectivity index (χ0v) is 13.7. The van der Waals surface area contributed by atoms with E-state index in [2.05, 4.69) is 26.1 Å². The molecule has 1 heterocycles. The molecule has 0 saturated carbocycles. The molecule has 5 N–H and O–H groups in total. The minimum Gasteiger partial charge on any atom is -0.393 e. The van der Waals surface area contributed by atoms with Crippen LogP contribution in [0.1, 0.15) is 15.9 Å². The van der Waals surface area contributed by atoms with Crippen LogP contribution in [0.15, 0.2) is 60.9 Å². The van der Waals surface area contributed by atoms with E-state index in [9.17, 15) is 4.79 Å². The number of aryl methyl sites for hydroxylation is 1. The summed E-state index contributed by atoms with van der Waals surface area (Å²) >= 11 is 0. The van der Waals surface area contributed by atoms with Crippen molar-refractivity contribution in [3.05, 3.63) is 72.1 Å². The zero-order chi connectivity index (χ0) is 17.6. The number of benzene rings is 2. The van der Waals surface area contributed by atoms with E-state index in [0.29, 0.717) is 22.9 Å². The highest BCUT2D eigenvalue weighted by Crippen LogP contribution is 2.25. The molecule has 0 unspecified atom stereocenters. The molecule has 7 heteroatoms. The van der Waals surface area contributed by atoms with Crippen LogP contribution < -0.4 is 21.9 Å². The Balaban J connectivity index is 1.69. The van der Waals surface area contributed by atoms with Gasteiger partial charge in [0.2, 0.25) is 0 Å². The summed E-state index contributed by atoms with van der Waals surface area (Å²) in [6, 6.07) is 16.8. The molecule has 1 aromatic heterocycles. The van der Waals surface area contributed by atoms with Gasteiger partial charge >= 0.3 is 0 Å². The predicted molar refractivity (Wildman–Crippen MR) is 98.4 cm³/mol. The summed E-state index contributed by atoms with van der Waals surface area (Å²) in [6.45, 7) is 1.96. The molecule has 0 saturated heterocycles. The molecule has 0 aliphatic heterocycles. The van der Waals surface area contributed by atoms with Gasteiger partial charge in [-0.2, -0.15) is 0 Å². The molecular weight excluding hydrogens is 316 g/mol. The molecule has 2 aromatic carbocycles. The Morgan fingerprint density at radius 1 is 0.960 bits per heavy atom. The summed E-state index contributed by atoms with van der Waals surface area (Å²) in [7, 11) is 0. The highest BCUT2D eigenvalue weighted by molar-refractivity contribution is 5.95. The Kier molecular flexibility index (Phi) is 4.75. The SMILES string of the molecule is Cc1ccc(C(=O)NNc2ncnc(Nc3ccccc3)c2N)cc1. The summed E-state index contributed by atoms with van der Waals surface area (Å²) in [4.78, 5) is 20.3. The van der Waals surface area contributed by atoms with Gasteiger partial charge in [0, 0.05) is 11.3 Å². The van der Waals surface area contributed by atoms with Gasteiger partial charge in [0.15, 0.2) is 11.6 Å². The zero-order valence-electron chi connectivity index (χ0n) is 13.7. The third-order valence-electron chi connectivity index (χ3n) is 3.53. The van der Waals surface area contributed by atoms with Gasteiger partial charge in [-0.3, -0.25) is 15.6 Å². The van der Waals surface area contributed by atoms with Gasteiger partial charge < -0.3 is 11.1 Å². The van der Waals surface area contributed by atoms with E-state index in [1.165, 1.54) is 6.33 Å². The monoisotopic (exact) mass is 334 g/mol. The van der Waals surface area contributed by atoms with Crippen molar-refractivity contribution in [3.63, 3.8) is 0 Å². The minimum absolute atomic E-state index is 0.282. The summed E-state index contributed by atoms with van der Waals surface area (Å²) in [6.07, 6.45) is 1.36. The van der Waals surface area contributed by atoms with E-state index in [4.69, 9.17) is 5.73 Å². The first-order chi connectivity index (χ1) is 12.1. The molecule has 3 rings (SSSR count). The molecule has 0 atom stereocenters. The van der Waals surface area contributed by atoms with Crippen LogP contribution in [0, 0.1) is 6.92 Å². The standard InChI is InChI=1S/C18H18N6O/c1-12-7-9-13(10-8-12)18(25)24-23-17-15(19)16(20-11-21-17)22-14-5-3-2-4-6-14/h2-11H,19H2,1H3,(H,24,25)(H2,20,21,22,23). The number of carbonyl (C=O) groups is 1. The number of hydrogen-bond acceptors (Lipinski definition) is 6. The molecule has 7 nitrogen and oxygen atoms in total. The van der Waals surface area contributed by atoms with Crippen LogP contribution in [0.2, 0.25) is 0 Å². The second kappa shape index (κ2) is 7.31. The van der Waals surface area contributed by atoms with Gasteiger partial charge in [-0.1, -0.05) is 35.9 Å². The van der Waals surface area contributed by atoms with Crippen LogP contribution in [0.3, 0.4) is 0 Å². The number of hydrogen-bond donors (Lipinski definition) is 4. The number of nitrogens with zero attached hydrogens (tertiary/aromatic N) is 2. The van der Waals surface area contributed by atoms with Gasteiger partial charge in [-0.05, 0) is 31.2 Å². The first-order valence-electron chi connectivity index (χ1n) is 7.69. The molecule has 1 amide bonds. The lowest BCUT2D eigenvalue weighted by atomic mass is 10.1. The van der Waals surface area contributed by atoms with E-state index >= 15 is 0 Å². The van der Waals surface area contributed by atoms with Gasteiger partial charge in [0.05, 0.1) is 0 Å². The van der Waals surface area contributed by atoms with E-state index < -0.39 is 0 Å². The highest BCUT2D eigenvalue weighted by atomic mass is 16.2. The first kappa shape index (κ1) is 16.3. The first-order valence-corrected chi connectivity index (χ1v) is 7.69. The van der Waals surface area contributed by atoms with E-state index in [1.807, 2.05) is 49.4 Å².